The van der Waals surface area contributed by atoms with Gasteiger partial charge in [-0.2, -0.15) is 11.8 Å². The first kappa shape index (κ1) is 18.4. The monoisotopic (exact) mass is 334 g/mol. The Morgan fingerprint density at radius 3 is 2.48 bits per heavy atom. The minimum atomic E-state index is -3.80. The van der Waals surface area contributed by atoms with Gasteiger partial charge in [0.25, 0.3) is 0 Å². The fourth-order valence-corrected chi connectivity index (χ4v) is 3.13. The minimum Gasteiger partial charge on any atom is -0.310 e. The molecule has 0 aliphatic carbocycles. The Balaban J connectivity index is 2.83. The molecule has 1 aromatic rings. The largest absolute Gasteiger partial charge is 0.310 e. The molecular weight excluding hydrogens is 311 g/mol. The maximum atomic E-state index is 14.0. The molecule has 0 spiro atoms. The number of nitrogens with one attached hydrogen (secondary N) is 2. The van der Waals surface area contributed by atoms with E-state index in [1.807, 2.05) is 27.0 Å². The predicted molar refractivity (Wildman–Crippen MR) is 86.5 cm³/mol. The lowest BCUT2D eigenvalue weighted by molar-refractivity contribution is 0.551. The van der Waals surface area contributed by atoms with E-state index in [-0.39, 0.29) is 22.7 Å². The number of sulfonamides is 1. The van der Waals surface area contributed by atoms with Gasteiger partial charge in [0.15, 0.2) is 0 Å². The second kappa shape index (κ2) is 8.12. The minimum absolute atomic E-state index is 0.136. The Hall–Kier alpha value is -0.630. The number of hydrogen-bond donors (Lipinski definition) is 2. The summed E-state index contributed by atoms with van der Waals surface area (Å²) in [6.07, 6.45) is 1.90. The third kappa shape index (κ3) is 5.94. The molecule has 0 fully saturated rings. The Bertz CT molecular complexity index is 562. The van der Waals surface area contributed by atoms with Crippen molar-refractivity contribution in [2.45, 2.75) is 43.5 Å². The smallest absolute Gasteiger partial charge is 0.243 e. The van der Waals surface area contributed by atoms with Crippen LogP contribution in [0.3, 0.4) is 0 Å². The van der Waals surface area contributed by atoms with E-state index in [1.54, 1.807) is 17.8 Å². The van der Waals surface area contributed by atoms with Gasteiger partial charge in [0.2, 0.25) is 10.0 Å². The number of rotatable bonds is 8. The van der Waals surface area contributed by atoms with Crippen LogP contribution in [-0.2, 0) is 16.6 Å². The molecule has 2 N–H and O–H groups in total. The molecule has 0 radical (unpaired) electrons. The van der Waals surface area contributed by atoms with Gasteiger partial charge in [-0.15, -0.1) is 0 Å². The summed E-state index contributed by atoms with van der Waals surface area (Å²) in [6.45, 7) is 6.67. The van der Waals surface area contributed by atoms with Crippen LogP contribution in [0.2, 0.25) is 0 Å². The lowest BCUT2D eigenvalue weighted by Gasteiger charge is -2.12. The van der Waals surface area contributed by atoms with Crippen molar-refractivity contribution in [2.24, 2.45) is 0 Å². The van der Waals surface area contributed by atoms with Gasteiger partial charge < -0.3 is 5.32 Å². The number of benzene rings is 1. The molecule has 0 heterocycles. The summed E-state index contributed by atoms with van der Waals surface area (Å²) in [4.78, 5) is -0.302. The summed E-state index contributed by atoms with van der Waals surface area (Å²) in [7, 11) is -3.80. The number of hydrogen-bond acceptors (Lipinski definition) is 4. The highest BCUT2D eigenvalue weighted by molar-refractivity contribution is 7.99. The first-order valence-electron chi connectivity index (χ1n) is 6.80. The molecule has 0 aromatic heterocycles. The molecule has 0 aliphatic rings. The van der Waals surface area contributed by atoms with Crippen LogP contribution < -0.4 is 10.0 Å². The molecular formula is C14H23FN2O2S2. The maximum Gasteiger partial charge on any atom is 0.243 e. The number of halogens is 1. The van der Waals surface area contributed by atoms with Crippen LogP contribution in [0.1, 0.15) is 26.3 Å². The third-order valence-electron chi connectivity index (χ3n) is 2.96. The van der Waals surface area contributed by atoms with Crippen molar-refractivity contribution in [3.05, 3.63) is 29.6 Å². The van der Waals surface area contributed by atoms with E-state index in [4.69, 9.17) is 0 Å². The zero-order chi connectivity index (χ0) is 16.0. The highest BCUT2D eigenvalue weighted by atomic mass is 32.2. The van der Waals surface area contributed by atoms with E-state index in [2.05, 4.69) is 10.0 Å². The SMILES string of the molecule is CSC(C)CNS(=O)(=O)c1ccc(CNC(C)C)cc1F. The van der Waals surface area contributed by atoms with E-state index in [1.165, 1.54) is 12.1 Å². The average Bonchev–Trinajstić information content (AvgIpc) is 2.42. The van der Waals surface area contributed by atoms with Gasteiger partial charge in [0, 0.05) is 24.4 Å². The normalized spacial score (nSPS) is 13.6. The summed E-state index contributed by atoms with van der Waals surface area (Å²) < 4.78 is 40.6. The Kier molecular flexibility index (Phi) is 7.12. The molecule has 1 unspecified atom stereocenters. The molecule has 1 rings (SSSR count). The summed E-state index contributed by atoms with van der Waals surface area (Å²) >= 11 is 1.55. The summed E-state index contributed by atoms with van der Waals surface area (Å²) in [5, 5.41) is 3.30. The number of thioether (sulfide) groups is 1. The Labute approximate surface area is 131 Å². The summed E-state index contributed by atoms with van der Waals surface area (Å²) in [5.41, 5.74) is 0.720. The average molecular weight is 334 g/mol. The van der Waals surface area contributed by atoms with Crippen molar-refractivity contribution in [3.63, 3.8) is 0 Å². The highest BCUT2D eigenvalue weighted by Crippen LogP contribution is 2.16. The van der Waals surface area contributed by atoms with Crippen LogP contribution in [0.4, 0.5) is 4.39 Å². The Morgan fingerprint density at radius 1 is 1.29 bits per heavy atom. The zero-order valence-corrected chi connectivity index (χ0v) is 14.4. The van der Waals surface area contributed by atoms with E-state index in [9.17, 15) is 12.8 Å². The third-order valence-corrected chi connectivity index (χ3v) is 5.39. The molecule has 4 nitrogen and oxygen atoms in total. The lowest BCUT2D eigenvalue weighted by atomic mass is 10.2. The summed E-state index contributed by atoms with van der Waals surface area (Å²) in [5.74, 6) is -0.720. The molecule has 0 aliphatic heterocycles. The van der Waals surface area contributed by atoms with Gasteiger partial charge in [-0.25, -0.2) is 17.5 Å². The van der Waals surface area contributed by atoms with E-state index in [0.29, 0.717) is 6.54 Å². The predicted octanol–water partition coefficient (Wildman–Crippen LogP) is 2.35. The lowest BCUT2D eigenvalue weighted by Crippen LogP contribution is -2.30. The van der Waals surface area contributed by atoms with Crippen molar-refractivity contribution >= 4 is 21.8 Å². The van der Waals surface area contributed by atoms with Crippen molar-refractivity contribution < 1.29 is 12.8 Å². The van der Waals surface area contributed by atoms with Crippen LogP contribution in [0.25, 0.3) is 0 Å². The second-order valence-electron chi connectivity index (χ2n) is 5.20. The van der Waals surface area contributed by atoms with Crippen LogP contribution in [0.15, 0.2) is 23.1 Å². The van der Waals surface area contributed by atoms with Crippen LogP contribution in [0, 0.1) is 5.82 Å². The first-order chi connectivity index (χ1) is 9.76. The van der Waals surface area contributed by atoms with E-state index < -0.39 is 15.8 Å². The van der Waals surface area contributed by atoms with Crippen molar-refractivity contribution in [1.29, 1.82) is 0 Å². The van der Waals surface area contributed by atoms with E-state index in [0.717, 1.165) is 5.56 Å². The van der Waals surface area contributed by atoms with Gasteiger partial charge in [-0.05, 0) is 24.0 Å². The van der Waals surface area contributed by atoms with E-state index >= 15 is 0 Å². The molecule has 21 heavy (non-hydrogen) atoms. The molecule has 1 aromatic carbocycles. The van der Waals surface area contributed by atoms with Crippen molar-refractivity contribution in [1.82, 2.24) is 10.0 Å². The topological polar surface area (TPSA) is 58.2 Å². The molecule has 0 saturated carbocycles. The molecule has 0 saturated heterocycles. The van der Waals surface area contributed by atoms with Crippen LogP contribution >= 0.6 is 11.8 Å². The molecule has 0 bridgehead atoms. The fraction of sp³-hybridized carbons (Fsp3) is 0.571. The first-order valence-corrected chi connectivity index (χ1v) is 9.57. The molecule has 0 amide bonds. The fourth-order valence-electron chi connectivity index (χ4n) is 1.58. The molecule has 7 heteroatoms. The van der Waals surface area contributed by atoms with Gasteiger partial charge in [0.05, 0.1) is 0 Å². The molecule has 1 atom stereocenters. The van der Waals surface area contributed by atoms with Crippen LogP contribution in [0.5, 0.6) is 0 Å². The standard InChI is InChI=1S/C14H23FN2O2S2/c1-10(2)16-9-12-5-6-14(13(15)7-12)21(18,19)17-8-11(3)20-4/h5-7,10-11,16-17H,8-9H2,1-4H3. The second-order valence-corrected chi connectivity index (χ2v) is 8.21. The van der Waals surface area contributed by atoms with Gasteiger partial charge in [-0.1, -0.05) is 26.8 Å². The van der Waals surface area contributed by atoms with Crippen LogP contribution in [-0.4, -0.2) is 32.5 Å². The maximum absolute atomic E-state index is 14.0. The zero-order valence-electron chi connectivity index (χ0n) is 12.8. The van der Waals surface area contributed by atoms with Crippen molar-refractivity contribution in [2.75, 3.05) is 12.8 Å². The molecule has 120 valence electrons. The van der Waals surface area contributed by atoms with Gasteiger partial charge in [0.1, 0.15) is 10.7 Å². The quantitative estimate of drug-likeness (QED) is 0.766. The summed E-state index contributed by atoms with van der Waals surface area (Å²) in [6, 6.07) is 4.50. The van der Waals surface area contributed by atoms with Gasteiger partial charge >= 0.3 is 0 Å². The Morgan fingerprint density at radius 2 is 1.95 bits per heavy atom. The van der Waals surface area contributed by atoms with Gasteiger partial charge in [-0.3, -0.25) is 0 Å². The van der Waals surface area contributed by atoms with Crippen molar-refractivity contribution in [3.8, 4) is 0 Å². The highest BCUT2D eigenvalue weighted by Gasteiger charge is 2.19.